The van der Waals surface area contributed by atoms with Gasteiger partial charge in [-0.15, -0.1) is 0 Å². The van der Waals surface area contributed by atoms with Crippen molar-refractivity contribution in [3.05, 3.63) is 33.8 Å². The van der Waals surface area contributed by atoms with Gasteiger partial charge in [0.05, 0.1) is 10.0 Å². The lowest BCUT2D eigenvalue weighted by Gasteiger charge is -2.35. The first-order valence-corrected chi connectivity index (χ1v) is 7.80. The van der Waals surface area contributed by atoms with Gasteiger partial charge >= 0.3 is 0 Å². The van der Waals surface area contributed by atoms with E-state index in [9.17, 15) is 0 Å². The Morgan fingerprint density at radius 2 is 2.11 bits per heavy atom. The van der Waals surface area contributed by atoms with E-state index in [-0.39, 0.29) is 6.04 Å². The van der Waals surface area contributed by atoms with Crippen molar-refractivity contribution in [3.8, 4) is 0 Å². The maximum Gasteiger partial charge on any atom is 0.0640 e. The Labute approximate surface area is 125 Å². The largest absolute Gasteiger partial charge is 0.329 e. The highest BCUT2D eigenvalue weighted by molar-refractivity contribution is 6.42. The lowest BCUT2D eigenvalue weighted by atomic mass is 10.0. The average Bonchev–Trinajstić information content (AvgIpc) is 2.61. The fourth-order valence-corrected chi connectivity index (χ4v) is 3.41. The minimum atomic E-state index is 0.166. The molecule has 0 saturated carbocycles. The van der Waals surface area contributed by atoms with Gasteiger partial charge in [0.15, 0.2) is 0 Å². The van der Waals surface area contributed by atoms with Crippen molar-refractivity contribution in [2.24, 2.45) is 5.73 Å². The molecule has 1 saturated heterocycles. The third kappa shape index (κ3) is 3.43. The predicted octanol–water partition coefficient (Wildman–Crippen LogP) is 4.26. The van der Waals surface area contributed by atoms with Gasteiger partial charge in [0.1, 0.15) is 0 Å². The molecule has 0 spiro atoms. The second kappa shape index (κ2) is 6.94. The van der Waals surface area contributed by atoms with Crippen LogP contribution in [-0.4, -0.2) is 24.0 Å². The maximum absolute atomic E-state index is 6.36. The summed E-state index contributed by atoms with van der Waals surface area (Å²) in [7, 11) is 0. The summed E-state index contributed by atoms with van der Waals surface area (Å²) >= 11 is 12.5. The topological polar surface area (TPSA) is 29.3 Å². The standard InChI is InChI=1S/C15H22Cl2N2/c1-11-6-3-2-4-9-19(11)14(10-18)12-7-5-8-13(16)15(12)17/h5,7-8,11,14H,2-4,6,9-10,18H2,1H3. The van der Waals surface area contributed by atoms with Gasteiger partial charge in [-0.1, -0.05) is 48.2 Å². The summed E-state index contributed by atoms with van der Waals surface area (Å²) in [6, 6.07) is 6.54. The number of nitrogens with zero attached hydrogens (tertiary/aromatic N) is 1. The van der Waals surface area contributed by atoms with Gasteiger partial charge in [-0.3, -0.25) is 4.90 Å². The number of hydrogen-bond donors (Lipinski definition) is 1. The number of benzene rings is 1. The van der Waals surface area contributed by atoms with Gasteiger partial charge in [0.25, 0.3) is 0 Å². The molecule has 2 unspecified atom stereocenters. The van der Waals surface area contributed by atoms with Crippen molar-refractivity contribution in [1.82, 2.24) is 4.90 Å². The molecule has 0 amide bonds. The van der Waals surface area contributed by atoms with E-state index in [1.807, 2.05) is 18.2 Å². The Hall–Kier alpha value is -0.280. The first kappa shape index (κ1) is 15.1. The zero-order valence-corrected chi connectivity index (χ0v) is 12.9. The van der Waals surface area contributed by atoms with Gasteiger partial charge in [0, 0.05) is 18.6 Å². The van der Waals surface area contributed by atoms with E-state index in [1.165, 1.54) is 25.7 Å². The molecule has 1 fully saturated rings. The summed E-state index contributed by atoms with van der Waals surface area (Å²) in [5, 5.41) is 1.26. The second-order valence-corrected chi connectivity index (χ2v) is 6.12. The second-order valence-electron chi connectivity index (χ2n) is 5.33. The normalized spacial score (nSPS) is 23.1. The lowest BCUT2D eigenvalue weighted by molar-refractivity contribution is 0.151. The van der Waals surface area contributed by atoms with Gasteiger partial charge in [-0.05, 0) is 37.9 Å². The minimum absolute atomic E-state index is 0.166. The van der Waals surface area contributed by atoms with Crippen molar-refractivity contribution in [2.75, 3.05) is 13.1 Å². The van der Waals surface area contributed by atoms with Gasteiger partial charge in [0.2, 0.25) is 0 Å². The molecule has 0 aliphatic carbocycles. The lowest BCUT2D eigenvalue weighted by Crippen LogP contribution is -2.39. The van der Waals surface area contributed by atoms with Crippen molar-refractivity contribution in [2.45, 2.75) is 44.7 Å². The smallest absolute Gasteiger partial charge is 0.0640 e. The van der Waals surface area contributed by atoms with Crippen LogP contribution in [0.2, 0.25) is 10.0 Å². The van der Waals surface area contributed by atoms with Crippen LogP contribution in [0.1, 0.15) is 44.2 Å². The zero-order chi connectivity index (χ0) is 13.8. The van der Waals surface area contributed by atoms with Crippen molar-refractivity contribution < 1.29 is 0 Å². The summed E-state index contributed by atoms with van der Waals surface area (Å²) in [6.07, 6.45) is 5.08. The molecule has 2 nitrogen and oxygen atoms in total. The Balaban J connectivity index is 2.30. The third-order valence-corrected chi connectivity index (χ3v) is 4.90. The molecule has 0 radical (unpaired) electrons. The summed E-state index contributed by atoms with van der Waals surface area (Å²) in [5.41, 5.74) is 7.09. The highest BCUT2D eigenvalue weighted by atomic mass is 35.5. The Kier molecular flexibility index (Phi) is 5.52. The van der Waals surface area contributed by atoms with Crippen LogP contribution in [0.5, 0.6) is 0 Å². The molecule has 0 bridgehead atoms. The van der Waals surface area contributed by atoms with Gasteiger partial charge in [-0.25, -0.2) is 0 Å². The summed E-state index contributed by atoms with van der Waals surface area (Å²) in [6.45, 7) is 3.95. The molecular formula is C15H22Cl2N2. The molecule has 19 heavy (non-hydrogen) atoms. The van der Waals surface area contributed by atoms with E-state index in [1.54, 1.807) is 0 Å². The molecule has 2 atom stereocenters. The fourth-order valence-electron chi connectivity index (χ4n) is 2.98. The predicted molar refractivity (Wildman–Crippen MR) is 82.9 cm³/mol. The summed E-state index contributed by atoms with van der Waals surface area (Å²) in [4.78, 5) is 2.49. The molecule has 1 aromatic carbocycles. The monoisotopic (exact) mass is 300 g/mol. The third-order valence-electron chi connectivity index (χ3n) is 4.07. The molecule has 0 aromatic heterocycles. The van der Waals surface area contributed by atoms with Gasteiger partial charge in [-0.2, -0.15) is 0 Å². The number of hydrogen-bond acceptors (Lipinski definition) is 2. The molecule has 1 aliphatic heterocycles. The molecule has 1 heterocycles. The van der Waals surface area contributed by atoms with Crippen LogP contribution in [0.3, 0.4) is 0 Å². The summed E-state index contributed by atoms with van der Waals surface area (Å²) < 4.78 is 0. The summed E-state index contributed by atoms with van der Waals surface area (Å²) in [5.74, 6) is 0. The van der Waals surface area contributed by atoms with E-state index in [0.29, 0.717) is 22.6 Å². The van der Waals surface area contributed by atoms with Crippen molar-refractivity contribution in [1.29, 1.82) is 0 Å². The highest BCUT2D eigenvalue weighted by Gasteiger charge is 2.27. The Morgan fingerprint density at radius 1 is 1.32 bits per heavy atom. The fraction of sp³-hybridized carbons (Fsp3) is 0.600. The van der Waals surface area contributed by atoms with E-state index in [2.05, 4.69) is 11.8 Å². The molecule has 1 aromatic rings. The van der Waals surface area contributed by atoms with Crippen LogP contribution < -0.4 is 5.73 Å². The van der Waals surface area contributed by atoms with Crippen molar-refractivity contribution >= 4 is 23.2 Å². The number of halogens is 2. The molecular weight excluding hydrogens is 279 g/mol. The Bertz CT molecular complexity index is 423. The van der Waals surface area contributed by atoms with E-state index < -0.39 is 0 Å². The quantitative estimate of drug-likeness (QED) is 0.904. The number of rotatable bonds is 3. The maximum atomic E-state index is 6.36. The molecule has 106 valence electrons. The first-order valence-electron chi connectivity index (χ1n) is 7.05. The number of likely N-dealkylation sites (tertiary alicyclic amines) is 1. The molecule has 4 heteroatoms. The van der Waals surface area contributed by atoms with Crippen LogP contribution in [0, 0.1) is 0 Å². The van der Waals surface area contributed by atoms with Crippen LogP contribution in [0.15, 0.2) is 18.2 Å². The van der Waals surface area contributed by atoms with Crippen molar-refractivity contribution in [3.63, 3.8) is 0 Å². The van der Waals surface area contributed by atoms with E-state index in [4.69, 9.17) is 28.9 Å². The molecule has 1 aliphatic rings. The first-order chi connectivity index (χ1) is 9.15. The zero-order valence-electron chi connectivity index (χ0n) is 11.4. The van der Waals surface area contributed by atoms with Crippen LogP contribution >= 0.6 is 23.2 Å². The van der Waals surface area contributed by atoms with Crippen LogP contribution in [-0.2, 0) is 0 Å². The SMILES string of the molecule is CC1CCCCCN1C(CN)c1cccc(Cl)c1Cl. The Morgan fingerprint density at radius 3 is 2.84 bits per heavy atom. The van der Waals surface area contributed by atoms with Crippen LogP contribution in [0.4, 0.5) is 0 Å². The highest BCUT2D eigenvalue weighted by Crippen LogP contribution is 2.34. The number of nitrogens with two attached hydrogens (primary N) is 1. The average molecular weight is 301 g/mol. The molecule has 2 rings (SSSR count). The van der Waals surface area contributed by atoms with E-state index in [0.717, 1.165) is 12.1 Å². The minimum Gasteiger partial charge on any atom is -0.329 e. The van der Waals surface area contributed by atoms with E-state index >= 15 is 0 Å². The van der Waals surface area contributed by atoms with Gasteiger partial charge < -0.3 is 5.73 Å². The molecule has 2 N–H and O–H groups in total. The van der Waals surface area contributed by atoms with Crippen LogP contribution in [0.25, 0.3) is 0 Å².